The van der Waals surface area contributed by atoms with Crippen molar-refractivity contribution in [1.29, 1.82) is 5.26 Å². The van der Waals surface area contributed by atoms with E-state index in [4.69, 9.17) is 4.52 Å². The normalized spacial score (nSPS) is 10.3. The van der Waals surface area contributed by atoms with Crippen LogP contribution in [0.25, 0.3) is 11.1 Å². The predicted octanol–water partition coefficient (Wildman–Crippen LogP) is 4.53. The van der Waals surface area contributed by atoms with Crippen molar-refractivity contribution in [3.05, 3.63) is 64.8 Å². The number of rotatable bonds is 4. The second-order valence-corrected chi connectivity index (χ2v) is 5.56. The predicted molar refractivity (Wildman–Crippen MR) is 91.2 cm³/mol. The number of carbonyl (C=O) groups is 1. The number of hydrogen-bond acceptors (Lipinski definition) is 5. The summed E-state index contributed by atoms with van der Waals surface area (Å²) >= 11 is 0. The Morgan fingerprint density at radius 2 is 2.08 bits per heavy atom. The van der Waals surface area contributed by atoms with Crippen molar-refractivity contribution < 1.29 is 13.7 Å². The zero-order chi connectivity index (χ0) is 18.0. The lowest BCUT2D eigenvalue weighted by Gasteiger charge is -2.11. The number of halogens is 1. The molecule has 0 aliphatic carbocycles. The van der Waals surface area contributed by atoms with Crippen LogP contribution in [0.2, 0.25) is 0 Å². The van der Waals surface area contributed by atoms with Gasteiger partial charge < -0.3 is 9.84 Å². The number of aldehydes is 1. The van der Waals surface area contributed by atoms with Gasteiger partial charge >= 0.3 is 0 Å². The summed E-state index contributed by atoms with van der Waals surface area (Å²) in [5.41, 5.74) is 3.29. The molecule has 0 aliphatic rings. The van der Waals surface area contributed by atoms with Gasteiger partial charge in [0, 0.05) is 11.3 Å². The third kappa shape index (κ3) is 3.12. The Morgan fingerprint density at radius 3 is 2.72 bits per heavy atom. The monoisotopic (exact) mass is 335 g/mol. The van der Waals surface area contributed by atoms with E-state index in [1.54, 1.807) is 31.2 Å². The van der Waals surface area contributed by atoms with Gasteiger partial charge in [-0.25, -0.2) is 4.39 Å². The summed E-state index contributed by atoms with van der Waals surface area (Å²) in [6.45, 7) is 3.60. The van der Waals surface area contributed by atoms with Gasteiger partial charge in [-0.1, -0.05) is 11.2 Å². The molecule has 3 aromatic rings. The SMILES string of the molecule is Cc1noc(C)c1-c1cc(C#N)cc(Nc2cccc(C=O)c2F)c1. The number of carbonyl (C=O) groups excluding carboxylic acids is 1. The molecule has 5 nitrogen and oxygen atoms in total. The van der Waals surface area contributed by atoms with E-state index in [-0.39, 0.29) is 11.3 Å². The summed E-state index contributed by atoms with van der Waals surface area (Å²) in [5.74, 6) is -0.00794. The van der Waals surface area contributed by atoms with Crippen molar-refractivity contribution in [3.8, 4) is 17.2 Å². The third-order valence-corrected chi connectivity index (χ3v) is 3.82. The molecule has 3 rings (SSSR count). The van der Waals surface area contributed by atoms with E-state index in [9.17, 15) is 14.4 Å². The number of hydrogen-bond donors (Lipinski definition) is 1. The van der Waals surface area contributed by atoms with Gasteiger partial charge in [-0.05, 0) is 49.7 Å². The Morgan fingerprint density at radius 1 is 1.28 bits per heavy atom. The minimum atomic E-state index is -0.640. The summed E-state index contributed by atoms with van der Waals surface area (Å²) in [5, 5.41) is 16.1. The standard InChI is InChI=1S/C19H14FN3O2/c1-11-18(12(2)25-23-11)15-6-13(9-21)7-16(8-15)22-17-5-3-4-14(10-24)19(17)20/h3-8,10,22H,1-2H3. The fraction of sp³-hybridized carbons (Fsp3) is 0.105. The molecular weight excluding hydrogens is 321 g/mol. The molecule has 6 heteroatoms. The van der Waals surface area contributed by atoms with Gasteiger partial charge in [-0.2, -0.15) is 5.26 Å². The molecule has 0 fully saturated rings. The topological polar surface area (TPSA) is 78.9 Å². The number of nitriles is 1. The Hall–Kier alpha value is -3.46. The van der Waals surface area contributed by atoms with E-state index >= 15 is 0 Å². The summed E-state index contributed by atoms with van der Waals surface area (Å²) in [6, 6.07) is 11.7. The van der Waals surface area contributed by atoms with E-state index in [1.807, 2.05) is 6.92 Å². The summed E-state index contributed by atoms with van der Waals surface area (Å²) in [6.07, 6.45) is 0.460. The molecular formula is C19H14FN3O2. The maximum atomic E-state index is 14.3. The number of nitrogens with zero attached hydrogens (tertiary/aromatic N) is 2. The Bertz CT molecular complexity index is 983. The average Bonchev–Trinajstić information content (AvgIpc) is 2.95. The lowest BCUT2D eigenvalue weighted by molar-refractivity contribution is 0.112. The van der Waals surface area contributed by atoms with Crippen LogP contribution in [0.1, 0.15) is 27.4 Å². The molecule has 0 unspecified atom stereocenters. The average molecular weight is 335 g/mol. The van der Waals surface area contributed by atoms with Crippen molar-refractivity contribution >= 4 is 17.7 Å². The van der Waals surface area contributed by atoms with Gasteiger partial charge in [0.2, 0.25) is 0 Å². The number of aryl methyl sites for hydroxylation is 2. The maximum absolute atomic E-state index is 14.3. The van der Waals surface area contributed by atoms with Crippen LogP contribution in [0.15, 0.2) is 40.9 Å². The van der Waals surface area contributed by atoms with Gasteiger partial charge in [-0.3, -0.25) is 4.79 Å². The van der Waals surface area contributed by atoms with Crippen LogP contribution in [-0.2, 0) is 0 Å². The summed E-state index contributed by atoms with van der Waals surface area (Å²) < 4.78 is 19.4. The molecule has 0 atom stereocenters. The van der Waals surface area contributed by atoms with E-state index in [0.717, 1.165) is 11.1 Å². The van der Waals surface area contributed by atoms with Crippen molar-refractivity contribution in [3.63, 3.8) is 0 Å². The van der Waals surface area contributed by atoms with E-state index in [0.29, 0.717) is 29.0 Å². The first-order valence-corrected chi connectivity index (χ1v) is 7.52. The molecule has 0 bridgehead atoms. The highest BCUT2D eigenvalue weighted by Crippen LogP contribution is 2.31. The van der Waals surface area contributed by atoms with Crippen molar-refractivity contribution in [2.75, 3.05) is 5.32 Å². The Balaban J connectivity index is 2.08. The Kier molecular flexibility index (Phi) is 4.31. The number of nitrogens with one attached hydrogen (secondary N) is 1. The summed E-state index contributed by atoms with van der Waals surface area (Å²) in [4.78, 5) is 10.9. The van der Waals surface area contributed by atoms with Crippen LogP contribution < -0.4 is 5.32 Å². The molecule has 0 aliphatic heterocycles. The van der Waals surface area contributed by atoms with Crippen molar-refractivity contribution in [2.24, 2.45) is 0 Å². The van der Waals surface area contributed by atoms with E-state index in [1.165, 1.54) is 12.1 Å². The zero-order valence-electron chi connectivity index (χ0n) is 13.6. The fourth-order valence-electron chi connectivity index (χ4n) is 2.70. The van der Waals surface area contributed by atoms with Gasteiger partial charge in [-0.15, -0.1) is 0 Å². The summed E-state index contributed by atoms with van der Waals surface area (Å²) in [7, 11) is 0. The van der Waals surface area contributed by atoms with Gasteiger partial charge in [0.05, 0.1) is 28.6 Å². The fourth-order valence-corrected chi connectivity index (χ4v) is 2.70. The van der Waals surface area contributed by atoms with Crippen LogP contribution in [0, 0.1) is 31.0 Å². The highest BCUT2D eigenvalue weighted by Gasteiger charge is 2.14. The minimum Gasteiger partial charge on any atom is -0.361 e. The minimum absolute atomic E-state index is 0.0348. The molecule has 1 aromatic heterocycles. The van der Waals surface area contributed by atoms with Crippen molar-refractivity contribution in [1.82, 2.24) is 5.16 Å². The van der Waals surface area contributed by atoms with Crippen molar-refractivity contribution in [2.45, 2.75) is 13.8 Å². The molecule has 25 heavy (non-hydrogen) atoms. The third-order valence-electron chi connectivity index (χ3n) is 3.82. The first-order chi connectivity index (χ1) is 12.0. The van der Waals surface area contributed by atoms with Crippen LogP contribution in [0.5, 0.6) is 0 Å². The molecule has 0 saturated heterocycles. The molecule has 0 spiro atoms. The van der Waals surface area contributed by atoms with Gasteiger partial charge in [0.15, 0.2) is 12.1 Å². The van der Waals surface area contributed by atoms with E-state index < -0.39 is 5.82 Å². The number of anilines is 2. The first-order valence-electron chi connectivity index (χ1n) is 7.52. The lowest BCUT2D eigenvalue weighted by atomic mass is 10.0. The molecule has 2 aromatic carbocycles. The van der Waals surface area contributed by atoms with E-state index in [2.05, 4.69) is 16.5 Å². The Labute approximate surface area is 143 Å². The van der Waals surface area contributed by atoms with Gasteiger partial charge in [0.1, 0.15) is 5.76 Å². The van der Waals surface area contributed by atoms with Crippen LogP contribution >= 0.6 is 0 Å². The molecule has 0 radical (unpaired) electrons. The molecule has 1 heterocycles. The lowest BCUT2D eigenvalue weighted by Crippen LogP contribution is -1.98. The molecule has 0 amide bonds. The molecule has 0 saturated carbocycles. The number of benzene rings is 2. The first kappa shape index (κ1) is 16.4. The highest BCUT2D eigenvalue weighted by molar-refractivity contribution is 5.80. The van der Waals surface area contributed by atoms with Crippen LogP contribution in [0.3, 0.4) is 0 Å². The number of aromatic nitrogens is 1. The molecule has 1 N–H and O–H groups in total. The molecule has 124 valence electrons. The second kappa shape index (κ2) is 6.57. The van der Waals surface area contributed by atoms with Crippen LogP contribution in [0.4, 0.5) is 15.8 Å². The highest BCUT2D eigenvalue weighted by atomic mass is 19.1. The smallest absolute Gasteiger partial charge is 0.157 e. The quantitative estimate of drug-likeness (QED) is 0.709. The largest absolute Gasteiger partial charge is 0.361 e. The zero-order valence-corrected chi connectivity index (χ0v) is 13.6. The maximum Gasteiger partial charge on any atom is 0.157 e. The van der Waals surface area contributed by atoms with Crippen LogP contribution in [-0.4, -0.2) is 11.4 Å². The second-order valence-electron chi connectivity index (χ2n) is 5.56. The van der Waals surface area contributed by atoms with Gasteiger partial charge in [0.25, 0.3) is 0 Å².